The van der Waals surface area contributed by atoms with Crippen LogP contribution in [0.2, 0.25) is 0 Å². The number of alkyl carbamates (subject to hydrolysis) is 1. The van der Waals surface area contributed by atoms with E-state index >= 15 is 0 Å². The van der Waals surface area contributed by atoms with Crippen molar-refractivity contribution in [2.45, 2.75) is 52.4 Å². The van der Waals surface area contributed by atoms with Crippen LogP contribution in [0.5, 0.6) is 5.75 Å². The fourth-order valence-corrected chi connectivity index (χ4v) is 4.90. The Morgan fingerprint density at radius 2 is 1.67 bits per heavy atom. The predicted molar refractivity (Wildman–Crippen MR) is 197 cm³/mol. The summed E-state index contributed by atoms with van der Waals surface area (Å²) in [7, 11) is 1.41. The highest BCUT2D eigenvalue weighted by Gasteiger charge is 2.28. The molecule has 17 nitrogen and oxygen atoms in total. The van der Waals surface area contributed by atoms with Gasteiger partial charge in [-0.15, -0.1) is 0 Å². The van der Waals surface area contributed by atoms with E-state index in [2.05, 4.69) is 27.5 Å². The molecule has 0 saturated heterocycles. The van der Waals surface area contributed by atoms with Gasteiger partial charge in [0.05, 0.1) is 19.6 Å². The lowest BCUT2D eigenvalue weighted by molar-refractivity contribution is -0.137. The second kappa shape index (κ2) is 18.8. The molecule has 1 aliphatic carbocycles. The molecule has 0 spiro atoms. The maximum absolute atomic E-state index is 14.0. The van der Waals surface area contributed by atoms with E-state index in [0.717, 1.165) is 12.8 Å². The number of nitrogens with one attached hydrogen (secondary N) is 4. The molecule has 55 heavy (non-hydrogen) atoms. The van der Waals surface area contributed by atoms with Crippen molar-refractivity contribution in [1.82, 2.24) is 15.6 Å². The second-order valence-electron chi connectivity index (χ2n) is 12.4. The van der Waals surface area contributed by atoms with Crippen LogP contribution in [0.3, 0.4) is 0 Å². The van der Waals surface area contributed by atoms with Crippen molar-refractivity contribution in [3.63, 3.8) is 0 Å². The number of ether oxygens (including phenoxy) is 5. The topological polar surface area (TPSA) is 242 Å². The zero-order valence-corrected chi connectivity index (χ0v) is 30.6. The largest absolute Gasteiger partial charge is 0.511 e. The number of anilines is 1. The van der Waals surface area contributed by atoms with Crippen molar-refractivity contribution in [2.75, 3.05) is 25.6 Å². The molecule has 1 aliphatic rings. The van der Waals surface area contributed by atoms with Crippen LogP contribution in [0.25, 0.3) is 17.2 Å². The molecule has 3 amide bonds. The number of amidine groups is 1. The molecule has 0 aliphatic heterocycles. The first-order valence-electron chi connectivity index (χ1n) is 17.1. The number of pyridine rings is 1. The number of rotatable bonds is 16. The number of carboxylic acids is 1. The van der Waals surface area contributed by atoms with Gasteiger partial charge in [-0.3, -0.25) is 25.1 Å². The van der Waals surface area contributed by atoms with Gasteiger partial charge in [0.2, 0.25) is 6.29 Å². The number of hydrogen-bond acceptors (Lipinski definition) is 13. The number of amides is 3. The molecule has 3 aromatic rings. The van der Waals surface area contributed by atoms with Crippen molar-refractivity contribution in [1.29, 1.82) is 5.41 Å². The number of aliphatic carboxylic acids is 1. The van der Waals surface area contributed by atoms with Crippen LogP contribution in [0.15, 0.2) is 55.1 Å². The van der Waals surface area contributed by atoms with E-state index in [4.69, 9.17) is 34.2 Å². The molecule has 2 aromatic carbocycles. The van der Waals surface area contributed by atoms with E-state index in [1.807, 2.05) is 0 Å². The predicted octanol–water partition coefficient (Wildman–Crippen LogP) is 5.38. The summed E-state index contributed by atoms with van der Waals surface area (Å²) in [5.74, 6) is -3.08. The van der Waals surface area contributed by atoms with E-state index in [-0.39, 0.29) is 57.5 Å². The Balaban J connectivity index is 1.66. The van der Waals surface area contributed by atoms with Gasteiger partial charge in [0.1, 0.15) is 23.9 Å². The quantitative estimate of drug-likeness (QED) is 0.0405. The summed E-state index contributed by atoms with van der Waals surface area (Å²) < 4.78 is 25.7. The Hall–Kier alpha value is -6.78. The minimum absolute atomic E-state index is 0.0323. The highest BCUT2D eigenvalue weighted by molar-refractivity contribution is 6.11. The molecule has 1 fully saturated rings. The number of esters is 1. The summed E-state index contributed by atoms with van der Waals surface area (Å²) in [5.41, 5.74) is 0.756. The molecule has 1 atom stereocenters. The highest BCUT2D eigenvalue weighted by atomic mass is 16.8. The summed E-state index contributed by atoms with van der Waals surface area (Å²) in [4.78, 5) is 79.7. The van der Waals surface area contributed by atoms with Crippen LogP contribution in [-0.4, -0.2) is 84.6 Å². The zero-order valence-electron chi connectivity index (χ0n) is 30.6. The number of carboxylic acid groups (broad SMARTS) is 1. The molecule has 17 heteroatoms. The summed E-state index contributed by atoms with van der Waals surface area (Å²) in [6.45, 7) is 8.39. The number of hydrogen-bond donors (Lipinski definition) is 5. The molecule has 0 radical (unpaired) electrons. The van der Waals surface area contributed by atoms with Gasteiger partial charge in [-0.2, -0.15) is 0 Å². The first-order chi connectivity index (χ1) is 26.2. The number of carbonyl (C=O) groups excluding carboxylic acids is 5. The van der Waals surface area contributed by atoms with Crippen LogP contribution in [-0.2, 0) is 23.7 Å². The van der Waals surface area contributed by atoms with E-state index in [9.17, 15) is 28.8 Å². The van der Waals surface area contributed by atoms with Gasteiger partial charge in [0.25, 0.3) is 11.8 Å². The van der Waals surface area contributed by atoms with Crippen LogP contribution < -0.4 is 20.7 Å². The molecule has 4 rings (SSSR count). The van der Waals surface area contributed by atoms with Crippen LogP contribution in [0.4, 0.5) is 15.3 Å². The molecule has 1 aromatic heterocycles. The zero-order chi connectivity index (χ0) is 40.2. The average molecular weight is 760 g/mol. The van der Waals surface area contributed by atoms with Crippen molar-refractivity contribution in [3.05, 3.63) is 83.2 Å². The van der Waals surface area contributed by atoms with Crippen LogP contribution in [0.1, 0.15) is 82.5 Å². The standard InChI is InChI=1S/C38H41N5O12/c1-6-23-17-28(34(46)41-25-11-9-24(10-12-25)33(39)43-37(49)52-16-15-31(44)45)27(18-30(23)51-5)26-13-14-29(35(47)40-19-22-7-8-22)42-32(26)36(48)54-21(4)55-38(50)53-20(2)3/h6,9-14,17-18,20-22H,1,7-8,15-16,19H2,2-5H3,(H,40,47)(H,41,46)(H,44,45)(H2,39,43,49). The Labute approximate surface area is 315 Å². The number of aromatic nitrogens is 1. The van der Waals surface area contributed by atoms with E-state index in [0.29, 0.717) is 18.0 Å². The maximum atomic E-state index is 14.0. The molecule has 1 unspecified atom stereocenters. The first-order valence-corrected chi connectivity index (χ1v) is 17.1. The Morgan fingerprint density at radius 3 is 2.29 bits per heavy atom. The maximum Gasteiger partial charge on any atom is 0.511 e. The van der Waals surface area contributed by atoms with E-state index < -0.39 is 54.8 Å². The SMILES string of the molecule is C=Cc1cc(C(=O)Nc2ccc(C(=N)NC(=O)OCCC(=O)O)cc2)c(-c2ccc(C(=O)NCC3CC3)nc2C(=O)OC(C)OC(=O)OC(C)C)cc1OC. The third kappa shape index (κ3) is 11.9. The number of carbonyl (C=O) groups is 6. The van der Waals surface area contributed by atoms with Crippen molar-refractivity contribution in [2.24, 2.45) is 5.92 Å². The Bertz CT molecular complexity index is 1970. The fourth-order valence-electron chi connectivity index (χ4n) is 4.90. The van der Waals surface area contributed by atoms with Crippen LogP contribution >= 0.6 is 0 Å². The van der Waals surface area contributed by atoms with Crippen molar-refractivity contribution in [3.8, 4) is 16.9 Å². The number of methoxy groups -OCH3 is 1. The number of benzene rings is 2. The molecule has 5 N–H and O–H groups in total. The van der Waals surface area contributed by atoms with Gasteiger partial charge in [0.15, 0.2) is 5.69 Å². The van der Waals surface area contributed by atoms with Gasteiger partial charge >= 0.3 is 24.2 Å². The third-order valence-electron chi connectivity index (χ3n) is 7.77. The third-order valence-corrected chi connectivity index (χ3v) is 7.77. The second-order valence-corrected chi connectivity index (χ2v) is 12.4. The van der Waals surface area contributed by atoms with Crippen molar-refractivity contribution >= 4 is 53.6 Å². The fraction of sp³-hybridized carbons (Fsp3) is 0.316. The summed E-state index contributed by atoms with van der Waals surface area (Å²) in [6, 6.07) is 11.7. The van der Waals surface area contributed by atoms with Gasteiger partial charge < -0.3 is 39.4 Å². The van der Waals surface area contributed by atoms with Gasteiger partial charge in [0, 0.05) is 47.0 Å². The minimum atomic E-state index is -1.43. The number of nitrogens with zero attached hydrogens (tertiary/aromatic N) is 1. The smallest absolute Gasteiger partial charge is 0.496 e. The minimum Gasteiger partial charge on any atom is -0.496 e. The molecule has 1 heterocycles. The van der Waals surface area contributed by atoms with Crippen LogP contribution in [0, 0.1) is 11.3 Å². The molecular weight excluding hydrogens is 718 g/mol. The van der Waals surface area contributed by atoms with Gasteiger partial charge in [-0.1, -0.05) is 12.7 Å². The van der Waals surface area contributed by atoms with Gasteiger partial charge in [-0.05, 0) is 81.1 Å². The van der Waals surface area contributed by atoms with E-state index in [1.54, 1.807) is 13.8 Å². The Morgan fingerprint density at radius 1 is 0.964 bits per heavy atom. The lowest BCUT2D eigenvalue weighted by Crippen LogP contribution is -2.31. The van der Waals surface area contributed by atoms with E-state index in [1.165, 1.54) is 68.6 Å². The average Bonchev–Trinajstić information content (AvgIpc) is 3.97. The Kier molecular flexibility index (Phi) is 14.0. The van der Waals surface area contributed by atoms with Crippen molar-refractivity contribution < 1.29 is 57.6 Å². The highest BCUT2D eigenvalue weighted by Crippen LogP contribution is 2.35. The summed E-state index contributed by atoms with van der Waals surface area (Å²) in [6.07, 6.45) is -0.939. The molecule has 290 valence electrons. The lowest BCUT2D eigenvalue weighted by atomic mass is 9.94. The first kappa shape index (κ1) is 41.0. The normalized spacial score (nSPS) is 12.4. The molecular formula is C38H41N5O12. The lowest BCUT2D eigenvalue weighted by Gasteiger charge is -2.18. The molecule has 1 saturated carbocycles. The monoisotopic (exact) mass is 759 g/mol. The summed E-state index contributed by atoms with van der Waals surface area (Å²) in [5, 5.41) is 24.6. The van der Waals surface area contributed by atoms with Gasteiger partial charge in [-0.25, -0.2) is 19.4 Å². The molecule has 0 bridgehead atoms. The summed E-state index contributed by atoms with van der Waals surface area (Å²) >= 11 is 0.